The van der Waals surface area contributed by atoms with E-state index in [-0.39, 0.29) is 23.6 Å². The molecule has 1 heterocycles. The van der Waals surface area contributed by atoms with E-state index >= 15 is 0 Å². The number of benzene rings is 2. The average molecular weight is 517 g/mol. The highest BCUT2D eigenvalue weighted by molar-refractivity contribution is 7.88. The Labute approximate surface area is 204 Å². The van der Waals surface area contributed by atoms with Crippen LogP contribution >= 0.6 is 0 Å². The number of sulfonamides is 1. The molecule has 0 saturated carbocycles. The van der Waals surface area contributed by atoms with Crippen LogP contribution in [0.15, 0.2) is 48.5 Å². The highest BCUT2D eigenvalue weighted by Gasteiger charge is 2.36. The molecule has 3 rings (SSSR count). The highest BCUT2D eigenvalue weighted by atomic mass is 32.2. The lowest BCUT2D eigenvalue weighted by Crippen LogP contribution is -2.54. The van der Waals surface area contributed by atoms with E-state index in [4.69, 9.17) is 4.74 Å². The van der Waals surface area contributed by atoms with Crippen LogP contribution in [-0.4, -0.2) is 62.8 Å². The van der Waals surface area contributed by atoms with Gasteiger partial charge in [-0.1, -0.05) is 56.3 Å². The maximum atomic E-state index is 14.7. The standard InChI is InChI=1S/C25H32F4N2O3S/c1-24(2,20-10-5-4-6-11-20)18-30(13-8-14-34-21-16-31(17-21)35(3,32)33)15-19-9-7-12-22(23(19)26)25(27,28)29/h4-7,9-12,21H,8,13-18H2,1-3H3. The van der Waals surface area contributed by atoms with Crippen molar-refractivity contribution in [2.75, 3.05) is 39.0 Å². The van der Waals surface area contributed by atoms with Crippen LogP contribution in [0.5, 0.6) is 0 Å². The number of hydrogen-bond acceptors (Lipinski definition) is 4. The molecule has 0 bridgehead atoms. The Morgan fingerprint density at radius 3 is 2.31 bits per heavy atom. The van der Waals surface area contributed by atoms with Gasteiger partial charge in [-0.05, 0) is 18.1 Å². The van der Waals surface area contributed by atoms with Gasteiger partial charge < -0.3 is 4.74 Å². The molecule has 2 aromatic carbocycles. The third-order valence-electron chi connectivity index (χ3n) is 6.21. The number of rotatable bonds is 11. The lowest BCUT2D eigenvalue weighted by atomic mass is 9.84. The van der Waals surface area contributed by atoms with Crippen molar-refractivity contribution in [3.8, 4) is 0 Å². The second-order valence-electron chi connectivity index (χ2n) is 9.66. The van der Waals surface area contributed by atoms with Gasteiger partial charge in [-0.2, -0.15) is 17.5 Å². The minimum Gasteiger partial charge on any atom is -0.375 e. The van der Waals surface area contributed by atoms with E-state index in [1.807, 2.05) is 49.1 Å². The van der Waals surface area contributed by atoms with Crippen LogP contribution in [0, 0.1) is 5.82 Å². The summed E-state index contributed by atoms with van der Waals surface area (Å²) < 4.78 is 84.4. The van der Waals surface area contributed by atoms with Gasteiger partial charge in [0.1, 0.15) is 5.82 Å². The Hall–Kier alpha value is -2.01. The summed E-state index contributed by atoms with van der Waals surface area (Å²) in [7, 11) is -3.21. The van der Waals surface area contributed by atoms with Crippen molar-refractivity contribution in [1.82, 2.24) is 9.21 Å². The molecule has 1 fully saturated rings. The first kappa shape index (κ1) is 27.6. The Bertz CT molecular complexity index is 1090. The van der Waals surface area contributed by atoms with E-state index in [1.54, 1.807) is 0 Å². The molecule has 0 spiro atoms. The molecule has 194 valence electrons. The second-order valence-corrected chi connectivity index (χ2v) is 11.6. The van der Waals surface area contributed by atoms with Gasteiger partial charge in [0.25, 0.3) is 0 Å². The molecular formula is C25H32F4N2O3S. The fraction of sp³-hybridized carbons (Fsp3) is 0.520. The zero-order valence-electron chi connectivity index (χ0n) is 20.2. The third kappa shape index (κ3) is 7.49. The fourth-order valence-corrected chi connectivity index (χ4v) is 5.10. The third-order valence-corrected chi connectivity index (χ3v) is 7.44. The van der Waals surface area contributed by atoms with Crippen molar-refractivity contribution in [1.29, 1.82) is 0 Å². The largest absolute Gasteiger partial charge is 0.419 e. The Morgan fingerprint density at radius 2 is 1.71 bits per heavy atom. The minimum absolute atomic E-state index is 0.00704. The van der Waals surface area contributed by atoms with Crippen molar-refractivity contribution in [3.63, 3.8) is 0 Å². The molecule has 1 saturated heterocycles. The number of ether oxygens (including phenoxy) is 1. The van der Waals surface area contributed by atoms with Gasteiger partial charge in [0, 0.05) is 50.3 Å². The Kier molecular flexibility index (Phi) is 8.62. The Balaban J connectivity index is 1.67. The summed E-state index contributed by atoms with van der Waals surface area (Å²) in [6.07, 6.45) is -3.20. The summed E-state index contributed by atoms with van der Waals surface area (Å²) >= 11 is 0. The predicted octanol–water partition coefficient (Wildman–Crippen LogP) is 4.67. The zero-order valence-corrected chi connectivity index (χ0v) is 21.0. The minimum atomic E-state index is -4.76. The zero-order chi connectivity index (χ0) is 25.9. The smallest absolute Gasteiger partial charge is 0.375 e. The maximum absolute atomic E-state index is 14.7. The van der Waals surface area contributed by atoms with Crippen molar-refractivity contribution in [2.45, 2.75) is 44.5 Å². The van der Waals surface area contributed by atoms with Gasteiger partial charge in [-0.25, -0.2) is 12.8 Å². The monoisotopic (exact) mass is 516 g/mol. The number of alkyl halides is 3. The van der Waals surface area contributed by atoms with Gasteiger partial charge >= 0.3 is 6.18 Å². The Morgan fingerprint density at radius 1 is 1.06 bits per heavy atom. The molecule has 35 heavy (non-hydrogen) atoms. The summed E-state index contributed by atoms with van der Waals surface area (Å²) in [5, 5.41) is 0. The van der Waals surface area contributed by atoms with Crippen LogP contribution in [0.4, 0.5) is 17.6 Å². The van der Waals surface area contributed by atoms with Crippen molar-refractivity contribution < 1.29 is 30.7 Å². The topological polar surface area (TPSA) is 49.9 Å². The van der Waals surface area contributed by atoms with Gasteiger partial charge in [0.15, 0.2) is 0 Å². The molecule has 0 amide bonds. The van der Waals surface area contributed by atoms with Gasteiger partial charge in [-0.15, -0.1) is 0 Å². The highest BCUT2D eigenvalue weighted by Crippen LogP contribution is 2.33. The quantitative estimate of drug-likeness (QED) is 0.322. The van der Waals surface area contributed by atoms with Crippen LogP contribution < -0.4 is 0 Å². The van der Waals surface area contributed by atoms with Crippen molar-refractivity contribution >= 4 is 10.0 Å². The number of halogens is 4. The lowest BCUT2D eigenvalue weighted by molar-refractivity contribution is -0.140. The molecule has 2 aromatic rings. The first-order valence-electron chi connectivity index (χ1n) is 11.5. The van der Waals surface area contributed by atoms with E-state index in [1.165, 1.54) is 16.4 Å². The SMILES string of the molecule is CC(C)(CN(CCCOC1CN(S(C)(=O)=O)C1)Cc1cccc(C(F)(F)F)c1F)c1ccccc1. The van der Waals surface area contributed by atoms with E-state index in [9.17, 15) is 26.0 Å². The van der Waals surface area contributed by atoms with Crippen molar-refractivity contribution in [2.24, 2.45) is 0 Å². The molecular weight excluding hydrogens is 484 g/mol. The molecule has 0 atom stereocenters. The van der Waals surface area contributed by atoms with Gasteiger partial charge in [-0.3, -0.25) is 4.90 Å². The molecule has 5 nitrogen and oxygen atoms in total. The maximum Gasteiger partial charge on any atom is 0.419 e. The van der Waals surface area contributed by atoms with E-state index < -0.39 is 27.6 Å². The molecule has 1 aliphatic heterocycles. The summed E-state index contributed by atoms with van der Waals surface area (Å²) in [5.41, 5.74) is -0.529. The second kappa shape index (κ2) is 10.9. The first-order chi connectivity index (χ1) is 16.3. The van der Waals surface area contributed by atoms with Crippen molar-refractivity contribution in [3.05, 3.63) is 71.0 Å². The van der Waals surface area contributed by atoms with Gasteiger partial charge in [0.05, 0.1) is 17.9 Å². The molecule has 0 aromatic heterocycles. The number of nitrogens with zero attached hydrogens (tertiary/aromatic N) is 2. The predicted molar refractivity (Wildman–Crippen MR) is 127 cm³/mol. The fourth-order valence-electron chi connectivity index (χ4n) is 4.23. The van der Waals surface area contributed by atoms with Crippen LogP contribution in [0.3, 0.4) is 0 Å². The molecule has 1 aliphatic rings. The van der Waals surface area contributed by atoms with Crippen LogP contribution in [0.2, 0.25) is 0 Å². The molecule has 10 heteroatoms. The summed E-state index contributed by atoms with van der Waals surface area (Å²) in [4.78, 5) is 1.94. The molecule has 0 unspecified atom stereocenters. The summed E-state index contributed by atoms with van der Waals surface area (Å²) in [5.74, 6) is -1.24. The molecule has 0 radical (unpaired) electrons. The lowest BCUT2D eigenvalue weighted by Gasteiger charge is -2.37. The van der Waals surface area contributed by atoms with Crippen LogP contribution in [0.1, 0.15) is 37.0 Å². The van der Waals surface area contributed by atoms with Crippen LogP contribution in [-0.2, 0) is 32.9 Å². The van der Waals surface area contributed by atoms with Gasteiger partial charge in [0.2, 0.25) is 10.0 Å². The molecule has 0 aliphatic carbocycles. The average Bonchev–Trinajstić information content (AvgIpc) is 2.72. The van der Waals surface area contributed by atoms with Crippen LogP contribution in [0.25, 0.3) is 0 Å². The normalized spacial score (nSPS) is 16.0. The van der Waals surface area contributed by atoms with E-state index in [2.05, 4.69) is 0 Å². The summed E-state index contributed by atoms with van der Waals surface area (Å²) in [6.45, 7) is 6.10. The molecule has 0 N–H and O–H groups in total. The van der Waals surface area contributed by atoms with E-state index in [0.29, 0.717) is 39.2 Å². The van der Waals surface area contributed by atoms with E-state index in [0.717, 1.165) is 17.9 Å². The first-order valence-corrected chi connectivity index (χ1v) is 13.3. The summed E-state index contributed by atoms with van der Waals surface area (Å²) in [6, 6.07) is 13.1. The number of hydrogen-bond donors (Lipinski definition) is 0.